The van der Waals surface area contributed by atoms with Gasteiger partial charge in [-0.1, -0.05) is 47.0 Å². The van der Waals surface area contributed by atoms with Crippen molar-refractivity contribution in [3.63, 3.8) is 0 Å². The predicted molar refractivity (Wildman–Crippen MR) is 277 cm³/mol. The van der Waals surface area contributed by atoms with E-state index < -0.39 is 181 Å². The van der Waals surface area contributed by atoms with Crippen LogP contribution < -0.4 is 58.9 Å². The number of carbonyl (C=O) groups is 13. The van der Waals surface area contributed by atoms with E-state index in [9.17, 15) is 82.8 Å². The summed E-state index contributed by atoms with van der Waals surface area (Å²) in [5.41, 5.74) is 5.35. The fourth-order valence-corrected chi connectivity index (χ4v) is 7.60. The number of amides is 11. The van der Waals surface area contributed by atoms with Crippen molar-refractivity contribution in [2.45, 2.75) is 192 Å². The summed E-state index contributed by atoms with van der Waals surface area (Å²) in [6, 6.07) is -15.2. The van der Waals surface area contributed by atoms with Crippen LogP contribution in [0.3, 0.4) is 0 Å². The van der Waals surface area contributed by atoms with Gasteiger partial charge in [0.2, 0.25) is 65.0 Å². The first-order valence-corrected chi connectivity index (χ1v) is 26.2. The molecule has 0 saturated heterocycles. The summed E-state index contributed by atoms with van der Waals surface area (Å²) in [7, 11) is 0. The van der Waals surface area contributed by atoms with E-state index in [1.807, 2.05) is 0 Å². The number of nitrogens with two attached hydrogens (primary N) is 1. The number of hydrogen-bond acceptors (Lipinski definition) is 18. The normalized spacial score (nSPS) is 18.1. The Morgan fingerprint density at radius 1 is 0.532 bits per heavy atom. The fourth-order valence-electron chi connectivity index (χ4n) is 7.35. The quantitative estimate of drug-likeness (QED) is 0.0205. The second-order valence-electron chi connectivity index (χ2n) is 19.3. The van der Waals surface area contributed by atoms with Crippen LogP contribution in [0, 0.1) is 17.8 Å². The topological polar surface area (TPSA) is 449 Å². The van der Waals surface area contributed by atoms with Crippen molar-refractivity contribution in [3.05, 3.63) is 0 Å². The molecular weight excluding hydrogens is 1030 g/mol. The molecule has 1 saturated carbocycles. The van der Waals surface area contributed by atoms with Crippen molar-refractivity contribution in [1.29, 1.82) is 0 Å². The Kier molecular flexibility index (Phi) is 30.8. The average Bonchev–Trinajstić information content (AvgIpc) is 3.35. The van der Waals surface area contributed by atoms with Crippen LogP contribution in [0.25, 0.3) is 0 Å². The molecule has 11 amide bonds. The maximum atomic E-state index is 13.9. The molecule has 77 heavy (non-hydrogen) atoms. The van der Waals surface area contributed by atoms with Crippen molar-refractivity contribution in [3.8, 4) is 0 Å². The summed E-state index contributed by atoms with van der Waals surface area (Å²) in [5, 5.41) is 64.7. The van der Waals surface area contributed by atoms with Gasteiger partial charge in [0.1, 0.15) is 73.0 Å². The van der Waals surface area contributed by atoms with Gasteiger partial charge in [-0.3, -0.25) is 52.7 Å². The lowest BCUT2D eigenvalue weighted by Crippen LogP contribution is -2.63. The van der Waals surface area contributed by atoms with Gasteiger partial charge in [0.05, 0.1) is 24.9 Å². The van der Waals surface area contributed by atoms with Crippen LogP contribution in [0.1, 0.15) is 113 Å². The zero-order valence-electron chi connectivity index (χ0n) is 44.8. The summed E-state index contributed by atoms with van der Waals surface area (Å²) < 4.78 is 0. The largest absolute Gasteiger partial charge is 0.394 e. The fraction of sp³-hybridized carbons (Fsp3) is 0.729. The summed E-state index contributed by atoms with van der Waals surface area (Å²) >= 11 is 4.09. The minimum atomic E-state index is -1.83. The Balaban J connectivity index is 3.18. The van der Waals surface area contributed by atoms with Crippen LogP contribution in [0.2, 0.25) is 0 Å². The van der Waals surface area contributed by atoms with Gasteiger partial charge < -0.3 is 88.9 Å². The molecule has 0 spiro atoms. The first-order chi connectivity index (χ1) is 36.1. The zero-order chi connectivity index (χ0) is 58.9. The smallest absolute Gasteiger partial charge is 0.245 e. The van der Waals surface area contributed by atoms with Crippen molar-refractivity contribution in [2.75, 3.05) is 12.4 Å². The molecule has 1 aliphatic rings. The van der Waals surface area contributed by atoms with Gasteiger partial charge in [-0.15, -0.1) is 0 Å². The second-order valence-corrected chi connectivity index (χ2v) is 19.7. The predicted octanol–water partition coefficient (Wildman–Crippen LogP) is -5.75. The Morgan fingerprint density at radius 2 is 0.948 bits per heavy atom. The molecule has 0 aliphatic heterocycles. The number of thiol groups is 1. The molecule has 29 heteroatoms. The van der Waals surface area contributed by atoms with Crippen LogP contribution >= 0.6 is 12.6 Å². The minimum Gasteiger partial charge on any atom is -0.394 e. The first kappa shape index (κ1) is 68.7. The van der Waals surface area contributed by atoms with E-state index in [4.69, 9.17) is 5.73 Å². The van der Waals surface area contributed by atoms with Gasteiger partial charge in [-0.05, 0) is 65.2 Å². The van der Waals surface area contributed by atoms with E-state index in [0.29, 0.717) is 38.3 Å². The number of primary amides is 1. The van der Waals surface area contributed by atoms with E-state index in [0.717, 1.165) is 27.2 Å². The number of aliphatic hydroxyl groups is 4. The van der Waals surface area contributed by atoms with Crippen LogP contribution in [0.4, 0.5) is 0 Å². The number of nitrogens with one attached hydrogen (secondary N) is 10. The number of aliphatic hydroxyl groups excluding tert-OH is 4. The van der Waals surface area contributed by atoms with Crippen LogP contribution in [0.15, 0.2) is 0 Å². The lowest BCUT2D eigenvalue weighted by molar-refractivity contribution is -0.138. The molecule has 0 aromatic rings. The molecule has 0 radical (unpaired) electrons. The summed E-state index contributed by atoms with van der Waals surface area (Å²) in [4.78, 5) is 168. The third-order valence-corrected chi connectivity index (χ3v) is 13.4. The highest BCUT2D eigenvalue weighted by Crippen LogP contribution is 2.26. The number of rotatable bonds is 36. The van der Waals surface area contributed by atoms with Gasteiger partial charge in [-0.2, -0.15) is 12.6 Å². The monoisotopic (exact) mass is 1120 g/mol. The molecule has 0 heterocycles. The van der Waals surface area contributed by atoms with Crippen molar-refractivity contribution in [2.24, 2.45) is 23.5 Å². The summed E-state index contributed by atoms with van der Waals surface area (Å²) in [6.07, 6.45) is -2.04. The van der Waals surface area contributed by atoms with E-state index in [-0.39, 0.29) is 18.8 Å². The van der Waals surface area contributed by atoms with E-state index >= 15 is 0 Å². The van der Waals surface area contributed by atoms with Crippen molar-refractivity contribution < 1.29 is 82.8 Å². The molecule has 5 unspecified atom stereocenters. The molecule has 16 N–H and O–H groups in total. The van der Waals surface area contributed by atoms with Crippen LogP contribution in [-0.2, 0) is 62.3 Å². The second kappa shape index (κ2) is 34.5. The Morgan fingerprint density at radius 3 is 1.36 bits per heavy atom. The van der Waals surface area contributed by atoms with E-state index in [2.05, 4.69) is 65.8 Å². The number of hydrogen-bond donors (Lipinski definition) is 16. The molecule has 0 bridgehead atoms. The summed E-state index contributed by atoms with van der Waals surface area (Å²) in [6.45, 7) is 10.4. The van der Waals surface area contributed by atoms with Gasteiger partial charge in [-0.25, -0.2) is 0 Å². The highest BCUT2D eigenvalue weighted by Gasteiger charge is 2.38. The molecular formula is C48H81N11O17S. The molecule has 1 rings (SSSR count). The number of carbonyl (C=O) groups excluding carboxylic acids is 13. The first-order valence-electron chi connectivity index (χ1n) is 25.6. The van der Waals surface area contributed by atoms with Gasteiger partial charge >= 0.3 is 0 Å². The lowest BCUT2D eigenvalue weighted by atomic mass is 9.84. The van der Waals surface area contributed by atoms with Crippen molar-refractivity contribution >= 4 is 90.2 Å². The minimum absolute atomic E-state index is 0.120. The molecule has 1 fully saturated rings. The van der Waals surface area contributed by atoms with E-state index in [1.165, 1.54) is 6.92 Å². The van der Waals surface area contributed by atoms with Gasteiger partial charge in [0.15, 0.2) is 0 Å². The van der Waals surface area contributed by atoms with E-state index in [1.54, 1.807) is 27.7 Å². The molecule has 436 valence electrons. The van der Waals surface area contributed by atoms with Crippen LogP contribution in [-0.4, -0.2) is 189 Å². The Bertz CT molecular complexity index is 2060. The average molecular weight is 1120 g/mol. The third-order valence-electron chi connectivity index (χ3n) is 13.1. The lowest BCUT2D eigenvalue weighted by Gasteiger charge is -2.31. The Hall–Kier alpha value is -6.30. The number of aldehydes is 2. The van der Waals surface area contributed by atoms with Crippen LogP contribution in [0.5, 0.6) is 0 Å². The Labute approximate surface area is 452 Å². The zero-order valence-corrected chi connectivity index (χ0v) is 45.7. The SMILES string of the molecule is CCC(C)[C@H](NC(=O)[C@H](CCC(N)=O)NC(=O)[C@@H](NC(=O)[C@H](C)NC(=O)[C@H](CS)NC(=O)[C@H](CO)NC(=O)[C@@H](NC(=O)[C@H](CCC=O)NC(=O)C1CCC1)C(C)O)C(C)O)C(=O)N[C@H](C(=O)N[C@H](C=O)C(C)O)C(C)CC. The van der Waals surface area contributed by atoms with Gasteiger partial charge in [0.25, 0.3) is 0 Å². The highest BCUT2D eigenvalue weighted by atomic mass is 32.1. The molecule has 15 atom stereocenters. The summed E-state index contributed by atoms with van der Waals surface area (Å²) in [5.74, 6) is -12.3. The van der Waals surface area contributed by atoms with Gasteiger partial charge in [0, 0.05) is 24.5 Å². The van der Waals surface area contributed by atoms with Crippen molar-refractivity contribution in [1.82, 2.24) is 53.2 Å². The maximum Gasteiger partial charge on any atom is 0.245 e. The standard InChI is InChI=1S/C48H81N11O17S/c1-9-22(3)35(45(73)53-31(19-61)25(6)63)57-46(74)36(23(4)10-2)56-42(70)30(16-17-34(49)66)52-47(75)37(26(7)64)58-39(67)24(5)50-44(72)33(21-77)55-43(71)32(20-62)54-48(76)38(27(8)65)59-41(69)29(15-12-18-60)51-40(68)28-13-11-14-28/h18-19,22-33,35-38,62-65,77H,9-17,20-21H2,1-8H3,(H2,49,66)(H,50,72)(H,51,68)(H,52,75)(H,53,73)(H,54,76)(H,55,71)(H,56,70)(H,57,74)(H,58,67)(H,59,69)/t22?,23?,24-,25?,26?,27?,29-,30-,31+,32-,33-,35-,36-,37-,38-/m0/s1. The molecule has 28 nitrogen and oxygen atoms in total. The maximum absolute atomic E-state index is 13.9. The molecule has 1 aliphatic carbocycles. The molecule has 0 aromatic heterocycles. The molecule has 0 aromatic carbocycles. The third kappa shape index (κ3) is 22.7. The highest BCUT2D eigenvalue weighted by molar-refractivity contribution is 7.80.